The van der Waals surface area contributed by atoms with Crippen molar-refractivity contribution >= 4 is 5.69 Å². The Bertz CT molecular complexity index is 513. The van der Waals surface area contributed by atoms with E-state index in [9.17, 15) is 4.39 Å². The van der Waals surface area contributed by atoms with Crippen LogP contribution in [0.25, 0.3) is 0 Å². The fourth-order valence-electron chi connectivity index (χ4n) is 2.23. The molecule has 0 saturated carbocycles. The zero-order valence-corrected chi connectivity index (χ0v) is 11.8. The van der Waals surface area contributed by atoms with Crippen molar-refractivity contribution in [1.29, 1.82) is 0 Å². The molecule has 0 aromatic heterocycles. The highest BCUT2D eigenvalue weighted by molar-refractivity contribution is 5.44. The van der Waals surface area contributed by atoms with E-state index in [1.165, 1.54) is 11.6 Å². The zero-order valence-electron chi connectivity index (χ0n) is 11.8. The molecule has 106 valence electrons. The van der Waals surface area contributed by atoms with Gasteiger partial charge in [0.2, 0.25) is 0 Å². The monoisotopic (exact) mass is 272 g/mol. The molecule has 0 aliphatic heterocycles. The minimum atomic E-state index is -0.206. The zero-order chi connectivity index (χ0) is 14.2. The first kappa shape index (κ1) is 14.5. The van der Waals surface area contributed by atoms with Crippen LogP contribution in [0.2, 0.25) is 0 Å². The van der Waals surface area contributed by atoms with Gasteiger partial charge in [-0.15, -0.1) is 0 Å². The summed E-state index contributed by atoms with van der Waals surface area (Å²) in [6, 6.07) is 17.5. The summed E-state index contributed by atoms with van der Waals surface area (Å²) in [7, 11) is 0. The average molecular weight is 272 g/mol. The molecule has 2 nitrogen and oxygen atoms in total. The van der Waals surface area contributed by atoms with Crippen LogP contribution in [0, 0.1) is 5.82 Å². The number of nitrogens with one attached hydrogen (secondary N) is 2. The minimum absolute atomic E-state index is 0.206. The van der Waals surface area contributed by atoms with Crippen molar-refractivity contribution in [2.45, 2.75) is 19.4 Å². The fourth-order valence-corrected chi connectivity index (χ4v) is 2.23. The Morgan fingerprint density at radius 3 is 2.35 bits per heavy atom. The van der Waals surface area contributed by atoms with E-state index >= 15 is 0 Å². The van der Waals surface area contributed by atoms with Crippen molar-refractivity contribution in [2.75, 3.05) is 18.4 Å². The van der Waals surface area contributed by atoms with E-state index in [1.807, 2.05) is 12.1 Å². The SMILES string of the molecule is CCC(NCCNc1ccccc1F)c1ccccc1. The first-order valence-corrected chi connectivity index (χ1v) is 7.08. The topological polar surface area (TPSA) is 24.1 Å². The maximum atomic E-state index is 13.4. The highest BCUT2D eigenvalue weighted by Crippen LogP contribution is 2.15. The standard InChI is InChI=1S/C17H21FN2/c1-2-16(14-8-4-3-5-9-14)19-12-13-20-17-11-7-6-10-15(17)18/h3-11,16,19-20H,2,12-13H2,1H3. The van der Waals surface area contributed by atoms with Crippen LogP contribution in [0.15, 0.2) is 54.6 Å². The molecule has 0 heterocycles. The lowest BCUT2D eigenvalue weighted by atomic mass is 10.0. The highest BCUT2D eigenvalue weighted by Gasteiger charge is 2.07. The molecule has 0 saturated heterocycles. The second-order valence-electron chi connectivity index (χ2n) is 4.73. The van der Waals surface area contributed by atoms with Crippen LogP contribution in [0.4, 0.5) is 10.1 Å². The van der Waals surface area contributed by atoms with Gasteiger partial charge >= 0.3 is 0 Å². The van der Waals surface area contributed by atoms with E-state index in [1.54, 1.807) is 12.1 Å². The third-order valence-electron chi connectivity index (χ3n) is 3.32. The number of benzene rings is 2. The largest absolute Gasteiger partial charge is 0.381 e. The Labute approximate surface area is 120 Å². The number of para-hydroxylation sites is 1. The van der Waals surface area contributed by atoms with Crippen LogP contribution in [0.3, 0.4) is 0 Å². The van der Waals surface area contributed by atoms with Gasteiger partial charge in [0.25, 0.3) is 0 Å². The van der Waals surface area contributed by atoms with E-state index in [0.29, 0.717) is 18.3 Å². The van der Waals surface area contributed by atoms with Crippen molar-refractivity contribution in [3.63, 3.8) is 0 Å². The first-order chi connectivity index (χ1) is 9.81. The predicted molar refractivity (Wildman–Crippen MR) is 82.4 cm³/mol. The van der Waals surface area contributed by atoms with Gasteiger partial charge in [0.05, 0.1) is 5.69 Å². The molecule has 2 N–H and O–H groups in total. The first-order valence-electron chi connectivity index (χ1n) is 7.08. The summed E-state index contributed by atoms with van der Waals surface area (Å²) in [5.74, 6) is -0.206. The molecule has 20 heavy (non-hydrogen) atoms. The van der Waals surface area contributed by atoms with E-state index in [2.05, 4.69) is 41.8 Å². The van der Waals surface area contributed by atoms with Gasteiger partial charge in [-0.25, -0.2) is 4.39 Å². The minimum Gasteiger partial charge on any atom is -0.381 e. The number of anilines is 1. The van der Waals surface area contributed by atoms with E-state index in [0.717, 1.165) is 13.0 Å². The smallest absolute Gasteiger partial charge is 0.146 e. The predicted octanol–water partition coefficient (Wildman–Crippen LogP) is 3.98. The lowest BCUT2D eigenvalue weighted by Crippen LogP contribution is -2.26. The summed E-state index contributed by atoms with van der Waals surface area (Å²) in [6.07, 6.45) is 1.03. The van der Waals surface area contributed by atoms with Gasteiger partial charge in [-0.05, 0) is 24.1 Å². The van der Waals surface area contributed by atoms with Gasteiger partial charge in [-0.3, -0.25) is 0 Å². The van der Waals surface area contributed by atoms with Crippen molar-refractivity contribution in [1.82, 2.24) is 5.32 Å². The number of hydrogen-bond acceptors (Lipinski definition) is 2. The van der Waals surface area contributed by atoms with Crippen LogP contribution in [-0.2, 0) is 0 Å². The van der Waals surface area contributed by atoms with Crippen molar-refractivity contribution in [3.05, 3.63) is 66.0 Å². The third-order valence-corrected chi connectivity index (χ3v) is 3.32. The lowest BCUT2D eigenvalue weighted by Gasteiger charge is -2.18. The van der Waals surface area contributed by atoms with Gasteiger partial charge in [0.1, 0.15) is 5.82 Å². The number of halogens is 1. The molecule has 0 amide bonds. The summed E-state index contributed by atoms with van der Waals surface area (Å²) < 4.78 is 13.4. The summed E-state index contributed by atoms with van der Waals surface area (Å²) in [5, 5.41) is 6.60. The van der Waals surface area contributed by atoms with Crippen LogP contribution in [-0.4, -0.2) is 13.1 Å². The van der Waals surface area contributed by atoms with Crippen molar-refractivity contribution in [2.24, 2.45) is 0 Å². The van der Waals surface area contributed by atoms with Crippen LogP contribution >= 0.6 is 0 Å². The summed E-state index contributed by atoms with van der Waals surface area (Å²) >= 11 is 0. The van der Waals surface area contributed by atoms with Crippen LogP contribution < -0.4 is 10.6 Å². The Morgan fingerprint density at radius 1 is 0.950 bits per heavy atom. The Morgan fingerprint density at radius 2 is 1.65 bits per heavy atom. The molecule has 0 fully saturated rings. The Kier molecular flexibility index (Phi) is 5.56. The molecule has 0 aliphatic rings. The molecule has 3 heteroatoms. The number of hydrogen-bond donors (Lipinski definition) is 2. The maximum Gasteiger partial charge on any atom is 0.146 e. The molecule has 1 unspecified atom stereocenters. The number of rotatable bonds is 7. The lowest BCUT2D eigenvalue weighted by molar-refractivity contribution is 0.530. The van der Waals surface area contributed by atoms with Crippen molar-refractivity contribution in [3.8, 4) is 0 Å². The van der Waals surface area contributed by atoms with E-state index < -0.39 is 0 Å². The van der Waals surface area contributed by atoms with Crippen molar-refractivity contribution < 1.29 is 4.39 Å². The van der Waals surface area contributed by atoms with Gasteiger partial charge in [0, 0.05) is 19.1 Å². The van der Waals surface area contributed by atoms with Gasteiger partial charge in [0.15, 0.2) is 0 Å². The maximum absolute atomic E-state index is 13.4. The molecule has 0 bridgehead atoms. The molecule has 0 spiro atoms. The Balaban J connectivity index is 1.79. The van der Waals surface area contributed by atoms with E-state index in [4.69, 9.17) is 0 Å². The summed E-state index contributed by atoms with van der Waals surface area (Å²) in [4.78, 5) is 0. The summed E-state index contributed by atoms with van der Waals surface area (Å²) in [6.45, 7) is 3.65. The molecule has 0 aliphatic carbocycles. The molecule has 1 atom stereocenters. The average Bonchev–Trinajstić information content (AvgIpc) is 2.50. The van der Waals surface area contributed by atoms with Crippen LogP contribution in [0.5, 0.6) is 0 Å². The normalized spacial score (nSPS) is 12.1. The third kappa shape index (κ3) is 4.07. The quantitative estimate of drug-likeness (QED) is 0.745. The van der Waals surface area contributed by atoms with Gasteiger partial charge in [-0.2, -0.15) is 0 Å². The van der Waals surface area contributed by atoms with Gasteiger partial charge in [-0.1, -0.05) is 49.4 Å². The van der Waals surface area contributed by atoms with E-state index in [-0.39, 0.29) is 5.82 Å². The fraction of sp³-hybridized carbons (Fsp3) is 0.294. The second kappa shape index (κ2) is 7.65. The molecule has 0 radical (unpaired) electrons. The molecular formula is C17H21FN2. The highest BCUT2D eigenvalue weighted by atomic mass is 19.1. The second-order valence-corrected chi connectivity index (χ2v) is 4.73. The molecular weight excluding hydrogens is 251 g/mol. The van der Waals surface area contributed by atoms with Gasteiger partial charge < -0.3 is 10.6 Å². The van der Waals surface area contributed by atoms with Crippen LogP contribution in [0.1, 0.15) is 24.9 Å². The Hall–Kier alpha value is -1.87. The summed E-state index contributed by atoms with van der Waals surface area (Å²) in [5.41, 5.74) is 1.85. The molecule has 2 aromatic carbocycles. The molecule has 2 rings (SSSR count). The molecule has 2 aromatic rings.